The Labute approximate surface area is 191 Å². The van der Waals surface area contributed by atoms with Gasteiger partial charge in [0.2, 0.25) is 0 Å². The van der Waals surface area contributed by atoms with Crippen molar-refractivity contribution in [2.45, 2.75) is 13.0 Å². The van der Waals surface area contributed by atoms with Crippen molar-refractivity contribution in [1.29, 1.82) is 0 Å². The molecule has 170 valence electrons. The van der Waals surface area contributed by atoms with Crippen LogP contribution in [-0.4, -0.2) is 53.6 Å². The Morgan fingerprint density at radius 3 is 2.67 bits per heavy atom. The molecule has 3 aromatic rings. The van der Waals surface area contributed by atoms with Crippen LogP contribution in [0.25, 0.3) is 0 Å². The molecule has 0 spiro atoms. The van der Waals surface area contributed by atoms with Crippen molar-refractivity contribution in [3.63, 3.8) is 0 Å². The largest absolute Gasteiger partial charge is 0.481 e. The van der Waals surface area contributed by atoms with Crippen LogP contribution in [0.3, 0.4) is 0 Å². The number of carbonyl (C=O) groups is 1. The van der Waals surface area contributed by atoms with Gasteiger partial charge in [-0.25, -0.2) is 14.4 Å². The standard InChI is InChI=1S/C24H25FN6O2/c1-16(17-5-7-18(25)8-6-17)30-9-11-31(12-10-30)22-13-21(26-15-27-22)28-19-3-2-4-20-24(19)29-23(32)14-33-20/h2-8,13,15-16H,9-12,14H2,1H3,(H,29,32)(H,26,27,28)/t16-/m1/s1. The van der Waals surface area contributed by atoms with E-state index in [1.165, 1.54) is 18.5 Å². The highest BCUT2D eigenvalue weighted by Crippen LogP contribution is 2.36. The van der Waals surface area contributed by atoms with E-state index in [9.17, 15) is 9.18 Å². The third-order valence-corrected chi connectivity index (χ3v) is 6.10. The highest BCUT2D eigenvalue weighted by molar-refractivity contribution is 5.99. The summed E-state index contributed by atoms with van der Waals surface area (Å²) >= 11 is 0. The van der Waals surface area contributed by atoms with Crippen molar-refractivity contribution in [1.82, 2.24) is 14.9 Å². The maximum absolute atomic E-state index is 13.2. The Balaban J connectivity index is 1.25. The number of amides is 1. The van der Waals surface area contributed by atoms with Crippen molar-refractivity contribution in [2.24, 2.45) is 0 Å². The number of hydrogen-bond donors (Lipinski definition) is 2. The van der Waals surface area contributed by atoms with E-state index in [0.717, 1.165) is 37.6 Å². The molecule has 0 bridgehead atoms. The van der Waals surface area contributed by atoms with E-state index >= 15 is 0 Å². The number of nitrogens with one attached hydrogen (secondary N) is 2. The minimum atomic E-state index is -0.213. The normalized spacial score (nSPS) is 17.0. The molecule has 0 radical (unpaired) electrons. The van der Waals surface area contributed by atoms with Crippen LogP contribution in [0.15, 0.2) is 54.9 Å². The number of ether oxygens (including phenoxy) is 1. The summed E-state index contributed by atoms with van der Waals surface area (Å²) in [6, 6.07) is 14.4. The van der Waals surface area contributed by atoms with E-state index in [-0.39, 0.29) is 24.4 Å². The molecule has 1 saturated heterocycles. The second-order valence-electron chi connectivity index (χ2n) is 8.15. The minimum Gasteiger partial charge on any atom is -0.481 e. The number of rotatable bonds is 5. The lowest BCUT2D eigenvalue weighted by Crippen LogP contribution is -2.47. The predicted octanol–water partition coefficient (Wildman–Crippen LogP) is 3.57. The number of benzene rings is 2. The van der Waals surface area contributed by atoms with Gasteiger partial charge in [-0.2, -0.15) is 0 Å². The highest BCUT2D eigenvalue weighted by atomic mass is 19.1. The Kier molecular flexibility index (Phi) is 5.78. The molecule has 0 saturated carbocycles. The first-order chi connectivity index (χ1) is 16.1. The van der Waals surface area contributed by atoms with E-state index in [1.54, 1.807) is 0 Å². The fourth-order valence-electron chi connectivity index (χ4n) is 4.22. The molecule has 9 heteroatoms. The molecule has 2 N–H and O–H groups in total. The lowest BCUT2D eigenvalue weighted by Gasteiger charge is -2.38. The lowest BCUT2D eigenvalue weighted by atomic mass is 10.1. The summed E-state index contributed by atoms with van der Waals surface area (Å²) < 4.78 is 18.7. The Morgan fingerprint density at radius 2 is 1.88 bits per heavy atom. The smallest absolute Gasteiger partial charge is 0.262 e. The van der Waals surface area contributed by atoms with Gasteiger partial charge in [0, 0.05) is 38.3 Å². The molecule has 33 heavy (non-hydrogen) atoms. The number of piperazine rings is 1. The van der Waals surface area contributed by atoms with Crippen molar-refractivity contribution in [3.8, 4) is 5.75 Å². The van der Waals surface area contributed by atoms with Gasteiger partial charge in [0.05, 0.1) is 5.69 Å². The van der Waals surface area contributed by atoms with Crippen molar-refractivity contribution >= 4 is 28.9 Å². The van der Waals surface area contributed by atoms with Gasteiger partial charge >= 0.3 is 0 Å². The zero-order chi connectivity index (χ0) is 22.8. The number of aromatic nitrogens is 2. The first-order valence-corrected chi connectivity index (χ1v) is 11.0. The van der Waals surface area contributed by atoms with Crippen LogP contribution in [0.1, 0.15) is 18.5 Å². The third-order valence-electron chi connectivity index (χ3n) is 6.10. The van der Waals surface area contributed by atoms with E-state index < -0.39 is 0 Å². The van der Waals surface area contributed by atoms with E-state index in [4.69, 9.17) is 4.74 Å². The summed E-state index contributed by atoms with van der Waals surface area (Å²) in [7, 11) is 0. The number of carbonyl (C=O) groups excluding carboxylic acids is 1. The Morgan fingerprint density at radius 1 is 1.09 bits per heavy atom. The number of halogens is 1. The van der Waals surface area contributed by atoms with Crippen LogP contribution in [0.2, 0.25) is 0 Å². The lowest BCUT2D eigenvalue weighted by molar-refractivity contribution is -0.118. The van der Waals surface area contributed by atoms with Gasteiger partial charge in [-0.1, -0.05) is 18.2 Å². The number of fused-ring (bicyclic) bond motifs is 1. The molecule has 1 fully saturated rings. The molecule has 0 aliphatic carbocycles. The highest BCUT2D eigenvalue weighted by Gasteiger charge is 2.24. The maximum atomic E-state index is 13.2. The molecule has 1 amide bonds. The quantitative estimate of drug-likeness (QED) is 0.617. The zero-order valence-electron chi connectivity index (χ0n) is 18.3. The van der Waals surface area contributed by atoms with Crippen LogP contribution in [-0.2, 0) is 4.79 Å². The monoisotopic (exact) mass is 448 g/mol. The van der Waals surface area contributed by atoms with Crippen molar-refractivity contribution < 1.29 is 13.9 Å². The fraction of sp³-hybridized carbons (Fsp3) is 0.292. The second-order valence-corrected chi connectivity index (χ2v) is 8.15. The molecule has 8 nitrogen and oxygen atoms in total. The van der Waals surface area contributed by atoms with E-state index in [2.05, 4.69) is 37.3 Å². The zero-order valence-corrected chi connectivity index (χ0v) is 18.3. The first-order valence-electron chi connectivity index (χ1n) is 11.0. The van der Waals surface area contributed by atoms with Crippen molar-refractivity contribution in [3.05, 3.63) is 66.2 Å². The number of para-hydroxylation sites is 1. The summed E-state index contributed by atoms with van der Waals surface area (Å²) in [5.74, 6) is 1.70. The molecule has 2 aliphatic rings. The Hall–Kier alpha value is -3.72. The maximum Gasteiger partial charge on any atom is 0.262 e. The molecular weight excluding hydrogens is 423 g/mol. The molecule has 0 unspecified atom stereocenters. The third kappa shape index (κ3) is 4.58. The van der Waals surface area contributed by atoms with Crippen molar-refractivity contribution in [2.75, 3.05) is 48.3 Å². The van der Waals surface area contributed by atoms with Gasteiger partial charge in [-0.3, -0.25) is 9.69 Å². The van der Waals surface area contributed by atoms with E-state index in [1.807, 2.05) is 36.4 Å². The van der Waals surface area contributed by atoms with Crippen LogP contribution < -0.4 is 20.3 Å². The van der Waals surface area contributed by atoms with E-state index in [0.29, 0.717) is 22.9 Å². The van der Waals surface area contributed by atoms with Gasteiger partial charge in [0.15, 0.2) is 6.61 Å². The summed E-state index contributed by atoms with van der Waals surface area (Å²) in [6.07, 6.45) is 1.54. The summed E-state index contributed by atoms with van der Waals surface area (Å²) in [6.45, 7) is 5.57. The average Bonchev–Trinajstić information content (AvgIpc) is 2.85. The fourth-order valence-corrected chi connectivity index (χ4v) is 4.22. The number of nitrogens with zero attached hydrogens (tertiary/aromatic N) is 4. The molecule has 2 aliphatic heterocycles. The summed E-state index contributed by atoms with van der Waals surface area (Å²) in [4.78, 5) is 25.2. The molecule has 1 atom stereocenters. The van der Waals surface area contributed by atoms with Gasteiger partial charge < -0.3 is 20.3 Å². The van der Waals surface area contributed by atoms with Gasteiger partial charge in [0.25, 0.3) is 5.91 Å². The molecular formula is C24H25FN6O2. The van der Waals surface area contributed by atoms with Crippen LogP contribution >= 0.6 is 0 Å². The predicted molar refractivity (Wildman–Crippen MR) is 124 cm³/mol. The van der Waals surface area contributed by atoms with Crippen LogP contribution in [0, 0.1) is 5.82 Å². The number of anilines is 4. The molecule has 1 aromatic heterocycles. The summed E-state index contributed by atoms with van der Waals surface area (Å²) in [5.41, 5.74) is 2.43. The van der Waals surface area contributed by atoms with Gasteiger partial charge in [0.1, 0.15) is 35.2 Å². The average molecular weight is 449 g/mol. The number of hydrogen-bond acceptors (Lipinski definition) is 7. The SMILES string of the molecule is C[C@H](c1ccc(F)cc1)N1CCN(c2cc(Nc3cccc4c3NC(=O)CO4)ncn2)CC1. The second kappa shape index (κ2) is 9.03. The topological polar surface area (TPSA) is 82.6 Å². The first kappa shape index (κ1) is 21.1. The van der Waals surface area contributed by atoms with Gasteiger partial charge in [-0.15, -0.1) is 0 Å². The van der Waals surface area contributed by atoms with Crippen LogP contribution in [0.5, 0.6) is 5.75 Å². The summed E-state index contributed by atoms with van der Waals surface area (Å²) in [5, 5.41) is 6.12. The Bertz CT molecular complexity index is 1150. The molecule has 3 heterocycles. The molecule has 5 rings (SSSR count). The molecule has 2 aromatic carbocycles. The van der Waals surface area contributed by atoms with Gasteiger partial charge in [-0.05, 0) is 36.8 Å². The minimum absolute atomic E-state index is 0.0138. The van der Waals surface area contributed by atoms with Crippen LogP contribution in [0.4, 0.5) is 27.4 Å².